The van der Waals surface area contributed by atoms with Crippen molar-refractivity contribution in [2.75, 3.05) is 0 Å². The number of carbonyl (C=O) groups excluding carboxylic acids is 2. The van der Waals surface area contributed by atoms with Gasteiger partial charge in [0.2, 0.25) is 11.8 Å². The molecule has 6 fully saturated rings. The monoisotopic (exact) mass is 484 g/mol. The van der Waals surface area contributed by atoms with Crippen LogP contribution in [-0.4, -0.2) is 45.8 Å². The van der Waals surface area contributed by atoms with Gasteiger partial charge in [0.05, 0.1) is 10.8 Å². The average Bonchev–Trinajstić information content (AvgIpc) is 2.81. The van der Waals surface area contributed by atoms with Crippen molar-refractivity contribution >= 4 is 22.6 Å². The quantitative estimate of drug-likeness (QED) is 0.521. The molecule has 2 amide bonds. The molecule has 36 heavy (non-hydrogen) atoms. The molecule has 0 saturated heterocycles. The van der Waals surface area contributed by atoms with E-state index in [0.29, 0.717) is 41.4 Å². The Balaban J connectivity index is 1.36. The van der Waals surface area contributed by atoms with Gasteiger partial charge in [0.25, 0.3) is 0 Å². The topological polar surface area (TPSA) is 40.6 Å². The normalized spacial score (nSPS) is 39.8. The third-order valence-corrected chi connectivity index (χ3v) is 11.4. The minimum absolute atomic E-state index is 0.157. The lowest BCUT2D eigenvalue weighted by molar-refractivity contribution is -0.641. The lowest BCUT2D eigenvalue weighted by atomic mass is 8.87. The summed E-state index contributed by atoms with van der Waals surface area (Å²) in [5.41, 5.74) is 0.659. The molecule has 8 rings (SSSR count). The van der Waals surface area contributed by atoms with E-state index in [4.69, 9.17) is 0 Å². The number of carbonyl (C=O) groups is 2. The number of hydrogen-bond acceptors (Lipinski definition) is 2. The van der Waals surface area contributed by atoms with Gasteiger partial charge in [0.1, 0.15) is 0 Å². The Morgan fingerprint density at radius 3 is 1.69 bits per heavy atom. The number of amides is 2. The fraction of sp³-hybridized carbons (Fsp3) is 0.625. The zero-order valence-electron chi connectivity index (χ0n) is 22.9. The second-order valence-corrected chi connectivity index (χ2v) is 13.6. The third-order valence-electron chi connectivity index (χ3n) is 11.4. The minimum Gasteiger partial charge on any atom is -0.337 e. The molecular weight excluding hydrogens is 444 g/mol. The number of benzene rings is 2. The highest BCUT2D eigenvalue weighted by atomic mass is 16.2. The van der Waals surface area contributed by atoms with E-state index in [2.05, 4.69) is 108 Å². The van der Waals surface area contributed by atoms with E-state index >= 15 is 0 Å². The van der Waals surface area contributed by atoms with E-state index in [1.807, 2.05) is 0 Å². The Bertz CT molecular complexity index is 1290. The summed E-state index contributed by atoms with van der Waals surface area (Å²) in [4.78, 5) is 33.0. The van der Waals surface area contributed by atoms with Crippen LogP contribution < -0.4 is 0 Å². The van der Waals surface area contributed by atoms with Crippen LogP contribution in [0.1, 0.15) is 61.0 Å². The van der Waals surface area contributed by atoms with Crippen LogP contribution in [0.15, 0.2) is 42.5 Å². The van der Waals surface area contributed by atoms with Crippen molar-refractivity contribution in [2.45, 2.75) is 85.0 Å². The van der Waals surface area contributed by atoms with E-state index in [-0.39, 0.29) is 40.4 Å². The smallest absolute Gasteiger partial charge is 0.230 e. The Morgan fingerprint density at radius 2 is 1.17 bits per heavy atom. The van der Waals surface area contributed by atoms with Crippen molar-refractivity contribution in [2.24, 2.45) is 40.4 Å². The van der Waals surface area contributed by atoms with Crippen molar-refractivity contribution < 1.29 is 9.59 Å². The van der Waals surface area contributed by atoms with Crippen LogP contribution >= 0.6 is 0 Å². The molecular formula is C32H40N2O2. The van der Waals surface area contributed by atoms with Crippen LogP contribution in [0.4, 0.5) is 0 Å². The Labute approximate surface area is 215 Å². The van der Waals surface area contributed by atoms with Gasteiger partial charge < -0.3 is 9.80 Å². The zero-order valence-corrected chi connectivity index (χ0v) is 22.9. The highest BCUT2D eigenvalue weighted by Crippen LogP contribution is 3.14. The largest absolute Gasteiger partial charge is 0.337 e. The van der Waals surface area contributed by atoms with Gasteiger partial charge in [-0.1, -0.05) is 42.5 Å². The molecule has 4 heteroatoms. The van der Waals surface area contributed by atoms with Gasteiger partial charge in [-0.3, -0.25) is 9.59 Å². The summed E-state index contributed by atoms with van der Waals surface area (Å²) >= 11 is 0. The summed E-state index contributed by atoms with van der Waals surface area (Å²) < 4.78 is 0. The molecule has 4 nitrogen and oxygen atoms in total. The van der Waals surface area contributed by atoms with E-state index in [1.165, 1.54) is 16.3 Å². The van der Waals surface area contributed by atoms with Crippen molar-refractivity contribution in [3.8, 4) is 0 Å². The second-order valence-electron chi connectivity index (χ2n) is 13.6. The molecule has 0 heterocycles. The van der Waals surface area contributed by atoms with Gasteiger partial charge >= 0.3 is 0 Å². The molecule has 0 aromatic heterocycles. The van der Waals surface area contributed by atoms with Gasteiger partial charge in [-0.15, -0.1) is 0 Å². The summed E-state index contributed by atoms with van der Waals surface area (Å²) in [6, 6.07) is 16.1. The SMILES string of the molecule is CC(C)N(C(=O)C12C3C4C1C1(c5ccc6ccccc6c5)C2C3C41C(=O)N(C(C)C)C(C)C)C(C)C. The maximum Gasteiger partial charge on any atom is 0.230 e. The van der Waals surface area contributed by atoms with Crippen LogP contribution in [0.3, 0.4) is 0 Å². The average molecular weight is 485 g/mol. The van der Waals surface area contributed by atoms with Crippen molar-refractivity contribution in [1.82, 2.24) is 9.80 Å². The summed E-state index contributed by atoms with van der Waals surface area (Å²) in [7, 11) is 0. The first-order chi connectivity index (χ1) is 17.0. The molecule has 0 N–H and O–H groups in total. The summed E-state index contributed by atoms with van der Waals surface area (Å²) in [6.07, 6.45) is 0. The summed E-state index contributed by atoms with van der Waals surface area (Å²) in [6.45, 7) is 17.2. The molecule has 0 aliphatic heterocycles. The van der Waals surface area contributed by atoms with Crippen molar-refractivity contribution in [1.29, 1.82) is 0 Å². The second kappa shape index (κ2) is 6.55. The van der Waals surface area contributed by atoms with Crippen LogP contribution in [0.2, 0.25) is 0 Å². The fourth-order valence-corrected chi connectivity index (χ4v) is 11.2. The first-order valence-electron chi connectivity index (χ1n) is 14.2. The molecule has 4 atom stereocenters. The number of fused-ring (bicyclic) bond motifs is 1. The number of rotatable bonds is 7. The highest BCUT2D eigenvalue weighted by molar-refractivity contribution is 6.04. The van der Waals surface area contributed by atoms with Gasteiger partial charge in [-0.2, -0.15) is 0 Å². The molecule has 6 aliphatic rings. The maximum atomic E-state index is 14.5. The van der Waals surface area contributed by atoms with Crippen molar-refractivity contribution in [3.63, 3.8) is 0 Å². The van der Waals surface area contributed by atoms with E-state index in [9.17, 15) is 9.59 Å². The predicted octanol–water partition coefficient (Wildman–Crippen LogP) is 5.49. The molecule has 0 bridgehead atoms. The van der Waals surface area contributed by atoms with Gasteiger partial charge in [0, 0.05) is 29.6 Å². The molecule has 0 radical (unpaired) electrons. The minimum atomic E-state index is -0.285. The van der Waals surface area contributed by atoms with Crippen LogP contribution in [0.25, 0.3) is 10.8 Å². The maximum absolute atomic E-state index is 14.5. The molecule has 190 valence electrons. The first-order valence-corrected chi connectivity index (χ1v) is 14.2. The molecule has 2 aromatic carbocycles. The molecule has 6 saturated carbocycles. The Morgan fingerprint density at radius 1 is 0.667 bits per heavy atom. The Kier molecular flexibility index (Phi) is 4.15. The summed E-state index contributed by atoms with van der Waals surface area (Å²) in [5.74, 6) is 2.58. The lowest BCUT2D eigenvalue weighted by Crippen LogP contribution is -3.18. The van der Waals surface area contributed by atoms with Gasteiger partial charge in [-0.05, 0) is 101 Å². The Hall–Kier alpha value is -2.36. The van der Waals surface area contributed by atoms with Crippen LogP contribution in [-0.2, 0) is 15.0 Å². The number of nitrogens with zero attached hydrogens (tertiary/aromatic N) is 2. The van der Waals surface area contributed by atoms with E-state index in [0.717, 1.165) is 0 Å². The number of hydrogen-bond donors (Lipinski definition) is 0. The summed E-state index contributed by atoms with van der Waals surface area (Å²) in [5, 5.41) is 2.48. The van der Waals surface area contributed by atoms with E-state index < -0.39 is 0 Å². The standard InChI is InChI=1S/C32H40N2O2/c1-16(2)33(17(3)4)28(35)30-23-24-26(30)31(22-14-13-20-11-9-10-12-21(20)15-22)27(30)25(23)32(24,31)29(36)34(18(5)6)19(7)8/h9-19,23-27H,1-8H3. The van der Waals surface area contributed by atoms with Crippen LogP contribution in [0, 0.1) is 40.4 Å². The third kappa shape index (κ3) is 1.85. The van der Waals surface area contributed by atoms with Crippen molar-refractivity contribution in [3.05, 3.63) is 48.0 Å². The van der Waals surface area contributed by atoms with Crippen LogP contribution in [0.5, 0.6) is 0 Å². The lowest BCUT2D eigenvalue weighted by Gasteiger charge is -3.14. The molecule has 2 aromatic rings. The predicted molar refractivity (Wildman–Crippen MR) is 142 cm³/mol. The highest BCUT2D eigenvalue weighted by Gasteiger charge is 3.18. The zero-order chi connectivity index (χ0) is 25.7. The fourth-order valence-electron chi connectivity index (χ4n) is 11.2. The van der Waals surface area contributed by atoms with E-state index in [1.54, 1.807) is 0 Å². The molecule has 0 spiro atoms. The van der Waals surface area contributed by atoms with Gasteiger partial charge in [0.15, 0.2) is 0 Å². The van der Waals surface area contributed by atoms with Gasteiger partial charge in [-0.25, -0.2) is 0 Å². The first kappa shape index (κ1) is 22.8. The molecule has 6 aliphatic carbocycles. The molecule has 4 unspecified atom stereocenters.